The largest absolute Gasteiger partial charge is 0.337 e. The van der Waals surface area contributed by atoms with Crippen molar-refractivity contribution in [3.8, 4) is 0 Å². The van der Waals surface area contributed by atoms with Crippen molar-refractivity contribution >= 4 is 51.4 Å². The summed E-state index contributed by atoms with van der Waals surface area (Å²) in [4.78, 5) is 8.13. The van der Waals surface area contributed by atoms with Gasteiger partial charge >= 0.3 is 0 Å². The molecular weight excluding hydrogens is 416 g/mol. The Hall–Kier alpha value is 0.0800. The van der Waals surface area contributed by atoms with E-state index < -0.39 is 0 Å². The van der Waals surface area contributed by atoms with Crippen LogP contribution in [-0.4, -0.2) is 15.8 Å². The quantitative estimate of drug-likeness (QED) is 0.582. The van der Waals surface area contributed by atoms with E-state index in [-0.39, 0.29) is 0 Å². The zero-order valence-electron chi connectivity index (χ0n) is 8.96. The molecule has 0 saturated carbocycles. The van der Waals surface area contributed by atoms with E-state index in [1.807, 2.05) is 31.1 Å². The average Bonchev–Trinajstić information content (AvgIpc) is 2.70. The summed E-state index contributed by atoms with van der Waals surface area (Å²) in [6, 6.07) is 0. The van der Waals surface area contributed by atoms with Crippen molar-refractivity contribution in [3.05, 3.63) is 25.0 Å². The molecule has 0 radical (unpaired) electrons. The Morgan fingerprint density at radius 1 is 1.33 bits per heavy atom. The van der Waals surface area contributed by atoms with Gasteiger partial charge in [0.2, 0.25) is 0 Å². The predicted molar refractivity (Wildman–Crippen MR) is 80.5 cm³/mol. The van der Waals surface area contributed by atoms with Gasteiger partial charge in [-0.1, -0.05) is 0 Å². The molecule has 2 rings (SSSR count). The van der Waals surface area contributed by atoms with Crippen molar-refractivity contribution in [1.29, 1.82) is 0 Å². The van der Waals surface area contributed by atoms with Gasteiger partial charge in [0.25, 0.3) is 0 Å². The first-order valence-corrected chi connectivity index (χ1v) is 6.69. The van der Waals surface area contributed by atoms with Crippen LogP contribution >= 0.6 is 45.2 Å². The zero-order valence-corrected chi connectivity index (χ0v) is 13.3. The van der Waals surface area contributed by atoms with Crippen LogP contribution in [0, 0.1) is 10.6 Å². The summed E-state index contributed by atoms with van der Waals surface area (Å²) in [5.74, 6) is 0. The van der Waals surface area contributed by atoms with Crippen molar-refractivity contribution in [3.63, 3.8) is 0 Å². The summed E-state index contributed by atoms with van der Waals surface area (Å²) in [5.41, 5.74) is 2.41. The fourth-order valence-corrected chi connectivity index (χ4v) is 1.78. The Morgan fingerprint density at radius 2 is 2.00 bits per heavy atom. The van der Waals surface area contributed by atoms with Crippen LogP contribution in [0.15, 0.2) is 20.6 Å². The maximum Gasteiger partial charge on any atom is 0.122 e. The molecule has 15 heavy (non-hydrogen) atoms. The first-order valence-electron chi connectivity index (χ1n) is 4.53. The van der Waals surface area contributed by atoms with Gasteiger partial charge in [0.15, 0.2) is 0 Å². The van der Waals surface area contributed by atoms with Crippen LogP contribution < -0.4 is 0 Å². The minimum absolute atomic E-state index is 1.05. The number of hydrogen-bond donors (Lipinski definition) is 0. The molecule has 0 fully saturated rings. The third kappa shape index (κ3) is 3.86. The van der Waals surface area contributed by atoms with Crippen LogP contribution in [-0.2, 0) is 7.05 Å². The normalized spacial score (nSPS) is 14.2. The monoisotopic (exact) mass is 429 g/mol. The second-order valence-electron chi connectivity index (χ2n) is 3.24. The molecule has 1 aromatic rings. The number of aryl methyl sites for hydroxylation is 1. The molecule has 0 amide bonds. The Balaban J connectivity index is 0.000000151. The molecule has 5 heteroatoms. The molecule has 0 spiro atoms. The van der Waals surface area contributed by atoms with Crippen molar-refractivity contribution in [1.82, 2.24) is 9.55 Å². The van der Waals surface area contributed by atoms with Gasteiger partial charge < -0.3 is 4.57 Å². The first-order chi connectivity index (χ1) is 7.02. The highest BCUT2D eigenvalue weighted by Crippen LogP contribution is 2.20. The Labute approximate surface area is 117 Å². The van der Waals surface area contributed by atoms with Crippen LogP contribution in [0.5, 0.6) is 0 Å². The number of aromatic nitrogens is 2. The van der Waals surface area contributed by atoms with E-state index >= 15 is 0 Å². The van der Waals surface area contributed by atoms with Crippen molar-refractivity contribution in [2.24, 2.45) is 12.0 Å². The number of halogens is 2. The Bertz CT molecular complexity index is 385. The molecule has 0 saturated heterocycles. The van der Waals surface area contributed by atoms with E-state index in [1.54, 1.807) is 0 Å². The van der Waals surface area contributed by atoms with E-state index in [0.717, 1.165) is 10.1 Å². The molecule has 1 aliphatic rings. The summed E-state index contributed by atoms with van der Waals surface area (Å²) >= 11 is 4.53. The summed E-state index contributed by atoms with van der Waals surface area (Å²) in [6.07, 6.45) is 4.81. The van der Waals surface area contributed by atoms with Gasteiger partial charge in [-0.05, 0) is 59.0 Å². The van der Waals surface area contributed by atoms with Crippen LogP contribution in [0.2, 0.25) is 0 Å². The Kier molecular flexibility index (Phi) is 5.24. The number of hydrogen-bond acceptors (Lipinski definition) is 2. The predicted octanol–water partition coefficient (Wildman–Crippen LogP) is 3.46. The molecule has 82 valence electrons. The fourth-order valence-electron chi connectivity index (χ4n) is 0.943. The molecule has 1 aliphatic heterocycles. The molecule has 0 bridgehead atoms. The highest BCUT2D eigenvalue weighted by molar-refractivity contribution is 14.1. The summed E-state index contributed by atoms with van der Waals surface area (Å²) in [6.45, 7) is 4.08. The average molecular weight is 429 g/mol. The lowest BCUT2D eigenvalue weighted by Crippen LogP contribution is -1.87. The summed E-state index contributed by atoms with van der Waals surface area (Å²) in [7, 11) is 1.99. The lowest BCUT2D eigenvalue weighted by molar-refractivity contribution is 0.872. The number of allylic oxidation sites excluding steroid dienone is 2. The molecule has 3 nitrogen and oxygen atoms in total. The van der Waals surface area contributed by atoms with E-state index in [9.17, 15) is 0 Å². The van der Waals surface area contributed by atoms with Crippen LogP contribution in [0.1, 0.15) is 19.0 Å². The lowest BCUT2D eigenvalue weighted by Gasteiger charge is -1.89. The smallest absolute Gasteiger partial charge is 0.122 e. The van der Waals surface area contributed by atoms with Gasteiger partial charge in [0.1, 0.15) is 3.70 Å². The number of imidazole rings is 1. The third-order valence-corrected chi connectivity index (χ3v) is 4.40. The van der Waals surface area contributed by atoms with E-state index in [1.165, 1.54) is 15.0 Å². The molecule has 1 aromatic heterocycles. The summed E-state index contributed by atoms with van der Waals surface area (Å²) in [5, 5.41) is 0. The second-order valence-corrected chi connectivity index (χ2v) is 5.56. The molecule has 0 atom stereocenters. The minimum Gasteiger partial charge on any atom is -0.337 e. The SMILES string of the molecule is CC1=C(I)CC=N1.Cc1c(I)ncn1C. The maximum atomic E-state index is 4.07. The van der Waals surface area contributed by atoms with Crippen molar-refractivity contribution in [2.45, 2.75) is 20.3 Å². The van der Waals surface area contributed by atoms with E-state index in [2.05, 4.69) is 62.1 Å². The van der Waals surface area contributed by atoms with Gasteiger partial charge in [0.05, 0.1) is 6.33 Å². The van der Waals surface area contributed by atoms with Gasteiger partial charge in [-0.2, -0.15) is 0 Å². The standard InChI is InChI=1S/C5H7IN2.C5H6IN/c1-4-5(6)7-3-8(4)2;1-4-5(6)2-3-7-4/h3H,1-2H3;3H,2H2,1H3. The fraction of sp³-hybridized carbons (Fsp3) is 0.400. The lowest BCUT2D eigenvalue weighted by atomic mass is 10.4. The van der Waals surface area contributed by atoms with Gasteiger partial charge in [0, 0.05) is 34.7 Å². The van der Waals surface area contributed by atoms with E-state index in [4.69, 9.17) is 0 Å². The molecule has 2 heterocycles. The van der Waals surface area contributed by atoms with Crippen LogP contribution in [0.25, 0.3) is 0 Å². The molecular formula is C10H13I2N3. The highest BCUT2D eigenvalue weighted by Gasteiger charge is 1.99. The molecule has 0 unspecified atom stereocenters. The van der Waals surface area contributed by atoms with Gasteiger partial charge in [-0.15, -0.1) is 0 Å². The number of nitrogens with zero attached hydrogens (tertiary/aromatic N) is 3. The number of rotatable bonds is 0. The number of aliphatic imine (C=N–C) groups is 1. The second kappa shape index (κ2) is 5.97. The van der Waals surface area contributed by atoms with E-state index in [0.29, 0.717) is 0 Å². The molecule has 0 aliphatic carbocycles. The highest BCUT2D eigenvalue weighted by atomic mass is 127. The molecule has 0 aromatic carbocycles. The van der Waals surface area contributed by atoms with Crippen LogP contribution in [0.3, 0.4) is 0 Å². The van der Waals surface area contributed by atoms with Gasteiger partial charge in [-0.3, -0.25) is 4.99 Å². The zero-order chi connectivity index (χ0) is 11.4. The van der Waals surface area contributed by atoms with Crippen molar-refractivity contribution < 1.29 is 0 Å². The van der Waals surface area contributed by atoms with Crippen LogP contribution in [0.4, 0.5) is 0 Å². The van der Waals surface area contributed by atoms with Crippen molar-refractivity contribution in [2.75, 3.05) is 0 Å². The van der Waals surface area contributed by atoms with Gasteiger partial charge in [-0.25, -0.2) is 4.98 Å². The summed E-state index contributed by atoms with van der Waals surface area (Å²) < 4.78 is 4.46. The first kappa shape index (κ1) is 13.1. The third-order valence-electron chi connectivity index (χ3n) is 2.12. The maximum absolute atomic E-state index is 4.07. The topological polar surface area (TPSA) is 30.2 Å². The Morgan fingerprint density at radius 3 is 2.13 bits per heavy atom. The minimum atomic E-state index is 1.05. The molecule has 0 N–H and O–H groups in total.